The van der Waals surface area contributed by atoms with Gasteiger partial charge in [0.15, 0.2) is 5.69 Å². The van der Waals surface area contributed by atoms with Crippen molar-refractivity contribution in [2.45, 2.75) is 38.3 Å². The predicted molar refractivity (Wildman–Crippen MR) is 69.5 cm³/mol. The fourth-order valence-electron chi connectivity index (χ4n) is 2.29. The highest BCUT2D eigenvalue weighted by atomic mass is 16.5. The number of nitrogens with zero attached hydrogens (tertiary/aromatic N) is 5. The summed E-state index contributed by atoms with van der Waals surface area (Å²) in [7, 11) is 0. The molecule has 2 aromatic rings. The fourth-order valence-corrected chi connectivity index (χ4v) is 2.29. The minimum Gasteiger partial charge on any atom is -0.367 e. The van der Waals surface area contributed by atoms with Crippen molar-refractivity contribution in [3.05, 3.63) is 12.0 Å². The van der Waals surface area contributed by atoms with Crippen molar-refractivity contribution in [1.82, 2.24) is 25.1 Å². The van der Waals surface area contributed by atoms with Crippen LogP contribution in [0.5, 0.6) is 0 Å². The van der Waals surface area contributed by atoms with E-state index in [2.05, 4.69) is 20.5 Å². The lowest BCUT2D eigenvalue weighted by atomic mass is 9.95. The Morgan fingerprint density at radius 3 is 3.10 bits per heavy atom. The molecule has 0 saturated carbocycles. The molecule has 20 heavy (non-hydrogen) atoms. The van der Waals surface area contributed by atoms with E-state index in [1.807, 2.05) is 6.92 Å². The molecule has 0 amide bonds. The smallest absolute Gasteiger partial charge is 0.280 e. The third-order valence-corrected chi connectivity index (χ3v) is 3.48. The summed E-state index contributed by atoms with van der Waals surface area (Å²) < 4.78 is 12.7. The van der Waals surface area contributed by atoms with E-state index in [0.29, 0.717) is 30.5 Å². The Kier molecular flexibility index (Phi) is 3.49. The molecule has 1 aliphatic heterocycles. The monoisotopic (exact) mass is 278 g/mol. The van der Waals surface area contributed by atoms with Gasteiger partial charge in [-0.2, -0.15) is 4.98 Å². The maximum absolute atomic E-state index is 5.80. The molecule has 8 nitrogen and oxygen atoms in total. The number of ether oxygens (including phenoxy) is 1. The van der Waals surface area contributed by atoms with Crippen molar-refractivity contribution in [2.24, 2.45) is 5.73 Å². The summed E-state index contributed by atoms with van der Waals surface area (Å²) in [6.45, 7) is 3.83. The Hall–Kier alpha value is -1.80. The first-order valence-electron chi connectivity index (χ1n) is 6.80. The standard InChI is InChI=1S/C12H18N6O2/c1-12(4-2-3-7-19-12)11-14-10(20-16-11)9-8-18(6-5-13)17-15-9/h8H,2-7,13H2,1H3. The average molecular weight is 278 g/mol. The zero-order valence-electron chi connectivity index (χ0n) is 11.4. The molecule has 2 aromatic heterocycles. The van der Waals surface area contributed by atoms with E-state index in [4.69, 9.17) is 15.0 Å². The molecule has 1 atom stereocenters. The normalized spacial score (nSPS) is 23.1. The zero-order chi connectivity index (χ0) is 14.0. The molecule has 0 aliphatic carbocycles. The fraction of sp³-hybridized carbons (Fsp3) is 0.667. The van der Waals surface area contributed by atoms with E-state index >= 15 is 0 Å². The van der Waals surface area contributed by atoms with Crippen molar-refractivity contribution in [3.63, 3.8) is 0 Å². The molecule has 0 radical (unpaired) electrons. The summed E-state index contributed by atoms with van der Waals surface area (Å²) in [5.74, 6) is 0.930. The molecule has 0 aromatic carbocycles. The van der Waals surface area contributed by atoms with Crippen LogP contribution in [0.1, 0.15) is 32.0 Å². The maximum atomic E-state index is 5.80. The van der Waals surface area contributed by atoms with E-state index in [1.165, 1.54) is 0 Å². The van der Waals surface area contributed by atoms with Gasteiger partial charge in [0.2, 0.25) is 5.82 Å². The Morgan fingerprint density at radius 2 is 2.35 bits per heavy atom. The second-order valence-corrected chi connectivity index (χ2v) is 5.12. The topological polar surface area (TPSA) is 105 Å². The molecule has 0 spiro atoms. The number of hydrogen-bond acceptors (Lipinski definition) is 7. The van der Waals surface area contributed by atoms with Gasteiger partial charge in [-0.05, 0) is 26.2 Å². The van der Waals surface area contributed by atoms with Crippen LogP contribution in [-0.4, -0.2) is 38.3 Å². The van der Waals surface area contributed by atoms with Crippen LogP contribution >= 0.6 is 0 Å². The Labute approximate surface area is 116 Å². The van der Waals surface area contributed by atoms with Gasteiger partial charge in [0.05, 0.1) is 12.7 Å². The van der Waals surface area contributed by atoms with Crippen LogP contribution in [-0.2, 0) is 16.9 Å². The molecule has 2 N–H and O–H groups in total. The lowest BCUT2D eigenvalue weighted by molar-refractivity contribution is -0.0770. The van der Waals surface area contributed by atoms with E-state index < -0.39 is 5.60 Å². The van der Waals surface area contributed by atoms with Crippen LogP contribution in [0.2, 0.25) is 0 Å². The molecular weight excluding hydrogens is 260 g/mol. The minimum atomic E-state index is -0.465. The van der Waals surface area contributed by atoms with E-state index in [1.54, 1.807) is 10.9 Å². The summed E-state index contributed by atoms with van der Waals surface area (Å²) in [5, 5.41) is 12.0. The van der Waals surface area contributed by atoms with Gasteiger partial charge < -0.3 is 15.0 Å². The van der Waals surface area contributed by atoms with Crippen LogP contribution in [0.25, 0.3) is 11.6 Å². The van der Waals surface area contributed by atoms with Gasteiger partial charge in [0.1, 0.15) is 5.60 Å². The van der Waals surface area contributed by atoms with Gasteiger partial charge in [-0.25, -0.2) is 0 Å². The minimum absolute atomic E-state index is 0.360. The second kappa shape index (κ2) is 5.29. The van der Waals surface area contributed by atoms with Crippen LogP contribution in [0.3, 0.4) is 0 Å². The Bertz CT molecular complexity index is 572. The first kappa shape index (κ1) is 13.2. The highest BCUT2D eigenvalue weighted by molar-refractivity contribution is 5.43. The quantitative estimate of drug-likeness (QED) is 0.877. The van der Waals surface area contributed by atoms with Crippen molar-refractivity contribution >= 4 is 0 Å². The number of aromatic nitrogens is 5. The average Bonchev–Trinajstić information content (AvgIpc) is 3.08. The molecule has 1 aliphatic rings. The van der Waals surface area contributed by atoms with Gasteiger partial charge in [-0.1, -0.05) is 10.4 Å². The lowest BCUT2D eigenvalue weighted by Crippen LogP contribution is -2.31. The van der Waals surface area contributed by atoms with E-state index in [-0.39, 0.29) is 0 Å². The van der Waals surface area contributed by atoms with Gasteiger partial charge >= 0.3 is 0 Å². The van der Waals surface area contributed by atoms with Gasteiger partial charge in [0.25, 0.3) is 5.89 Å². The van der Waals surface area contributed by atoms with Crippen LogP contribution in [0, 0.1) is 0 Å². The Balaban J connectivity index is 1.81. The van der Waals surface area contributed by atoms with Gasteiger partial charge in [0, 0.05) is 13.2 Å². The molecule has 108 valence electrons. The largest absolute Gasteiger partial charge is 0.367 e. The Morgan fingerprint density at radius 1 is 1.45 bits per heavy atom. The van der Waals surface area contributed by atoms with Crippen LogP contribution < -0.4 is 5.73 Å². The highest BCUT2D eigenvalue weighted by Gasteiger charge is 2.35. The molecule has 8 heteroatoms. The van der Waals surface area contributed by atoms with Crippen molar-refractivity contribution in [1.29, 1.82) is 0 Å². The first-order valence-corrected chi connectivity index (χ1v) is 6.80. The maximum Gasteiger partial charge on any atom is 0.280 e. The third-order valence-electron chi connectivity index (χ3n) is 3.48. The third kappa shape index (κ3) is 2.44. The summed E-state index contributed by atoms with van der Waals surface area (Å²) in [6, 6.07) is 0. The van der Waals surface area contributed by atoms with Crippen molar-refractivity contribution < 1.29 is 9.26 Å². The molecule has 1 fully saturated rings. The first-order chi connectivity index (χ1) is 9.71. The van der Waals surface area contributed by atoms with Gasteiger partial charge in [-0.15, -0.1) is 5.10 Å². The number of rotatable bonds is 4. The molecule has 3 heterocycles. The SMILES string of the molecule is CC1(c2noc(-c3cn(CCN)nn3)n2)CCCCO1. The van der Waals surface area contributed by atoms with E-state index in [9.17, 15) is 0 Å². The molecule has 1 saturated heterocycles. The zero-order valence-corrected chi connectivity index (χ0v) is 11.4. The second-order valence-electron chi connectivity index (χ2n) is 5.12. The highest BCUT2D eigenvalue weighted by Crippen LogP contribution is 2.33. The van der Waals surface area contributed by atoms with Gasteiger partial charge in [-0.3, -0.25) is 4.68 Å². The van der Waals surface area contributed by atoms with Crippen LogP contribution in [0.4, 0.5) is 0 Å². The summed E-state index contributed by atoms with van der Waals surface area (Å²) >= 11 is 0. The van der Waals surface area contributed by atoms with Crippen molar-refractivity contribution in [2.75, 3.05) is 13.2 Å². The van der Waals surface area contributed by atoms with Crippen LogP contribution in [0.15, 0.2) is 10.7 Å². The summed E-state index contributed by atoms with van der Waals surface area (Å²) in [6.07, 6.45) is 4.82. The predicted octanol–water partition coefficient (Wildman–Crippen LogP) is 0.702. The number of hydrogen-bond donors (Lipinski definition) is 1. The lowest BCUT2D eigenvalue weighted by Gasteiger charge is -2.30. The number of nitrogens with two attached hydrogens (primary N) is 1. The summed E-state index contributed by atoms with van der Waals surface area (Å²) in [5.41, 5.74) is 5.56. The molecular formula is C12H18N6O2. The molecule has 0 bridgehead atoms. The van der Waals surface area contributed by atoms with E-state index in [0.717, 1.165) is 25.9 Å². The van der Waals surface area contributed by atoms with Crippen molar-refractivity contribution in [3.8, 4) is 11.6 Å². The molecule has 3 rings (SSSR count). The summed E-state index contributed by atoms with van der Waals surface area (Å²) in [4.78, 5) is 4.40. The molecule has 1 unspecified atom stereocenters.